The van der Waals surface area contributed by atoms with E-state index in [1.165, 1.54) is 27.3 Å². The summed E-state index contributed by atoms with van der Waals surface area (Å²) in [6.45, 7) is 11.2. The monoisotopic (exact) mass is 491 g/mol. The molecule has 1 aliphatic rings. The number of hydrogen-bond donors (Lipinski definition) is 0. The minimum Gasteiger partial charge on any atom is -0.318 e. The van der Waals surface area contributed by atoms with E-state index in [2.05, 4.69) is 99.9 Å². The number of fused-ring (bicyclic) bond motifs is 1. The largest absolute Gasteiger partial charge is 0.318 e. The van der Waals surface area contributed by atoms with E-state index in [1.54, 1.807) is 11.3 Å². The van der Waals surface area contributed by atoms with Gasteiger partial charge in [0.25, 0.3) is 0 Å². The molecule has 36 heavy (non-hydrogen) atoms. The normalized spacial score (nSPS) is 15.7. The summed E-state index contributed by atoms with van der Waals surface area (Å²) in [5, 5.41) is 10.8. The Hall–Kier alpha value is -3.42. The Morgan fingerprint density at radius 2 is 1.72 bits per heavy atom. The zero-order valence-electron chi connectivity index (χ0n) is 21.8. The lowest BCUT2D eigenvalue weighted by Crippen LogP contribution is -2.26. The van der Waals surface area contributed by atoms with E-state index in [4.69, 9.17) is 4.99 Å². The van der Waals surface area contributed by atoms with Crippen LogP contribution in [-0.4, -0.2) is 10.8 Å². The molecule has 0 bridgehead atoms. The SMILES string of the molecule is Cc1cc(C=Nc2sc3c(c2C#N)CC[C@H](C(C)(C)C)C3)c(C)n1-c1ccc(-c2ccccc2)cc1. The Morgan fingerprint density at radius 3 is 2.39 bits per heavy atom. The molecule has 4 heteroatoms. The highest BCUT2D eigenvalue weighted by Gasteiger charge is 2.32. The van der Waals surface area contributed by atoms with Gasteiger partial charge >= 0.3 is 0 Å². The predicted octanol–water partition coefficient (Wildman–Crippen LogP) is 8.60. The summed E-state index contributed by atoms with van der Waals surface area (Å²) in [5.74, 6) is 0.652. The topological polar surface area (TPSA) is 41.1 Å². The van der Waals surface area contributed by atoms with Crippen molar-refractivity contribution < 1.29 is 0 Å². The number of thiophene rings is 1. The van der Waals surface area contributed by atoms with Crippen LogP contribution in [0.1, 0.15) is 60.1 Å². The molecule has 0 N–H and O–H groups in total. The highest BCUT2D eigenvalue weighted by molar-refractivity contribution is 7.16. The van der Waals surface area contributed by atoms with Crippen LogP contribution < -0.4 is 0 Å². The van der Waals surface area contributed by atoms with Gasteiger partial charge in [-0.3, -0.25) is 0 Å². The summed E-state index contributed by atoms with van der Waals surface area (Å²) < 4.78 is 2.27. The summed E-state index contributed by atoms with van der Waals surface area (Å²) in [5.41, 5.74) is 9.28. The molecular weight excluding hydrogens is 458 g/mol. The zero-order chi connectivity index (χ0) is 25.4. The fourth-order valence-corrected chi connectivity index (χ4v) is 6.62. The number of rotatable bonds is 4. The Morgan fingerprint density at radius 1 is 1.03 bits per heavy atom. The van der Waals surface area contributed by atoms with E-state index in [0.717, 1.165) is 46.8 Å². The maximum Gasteiger partial charge on any atom is 0.134 e. The standard InChI is InChI=1S/C32H33N3S/c1-21-17-25(22(2)35(21)27-14-11-24(12-15-27)23-9-7-6-8-10-23)20-34-31-29(19-33)28-16-13-26(32(3,4)5)18-30(28)36-31/h6-12,14-15,17,20,26H,13,16,18H2,1-5H3/t26-/m0/s1. The van der Waals surface area contributed by atoms with Gasteiger partial charge in [0, 0.05) is 33.7 Å². The van der Waals surface area contributed by atoms with Crippen molar-refractivity contribution in [1.29, 1.82) is 5.26 Å². The molecule has 0 radical (unpaired) electrons. The first kappa shape index (κ1) is 24.3. The third-order valence-electron chi connectivity index (χ3n) is 7.61. The fraction of sp³-hybridized carbons (Fsp3) is 0.312. The first-order chi connectivity index (χ1) is 17.3. The maximum atomic E-state index is 9.92. The van der Waals surface area contributed by atoms with Crippen molar-refractivity contribution in [2.75, 3.05) is 0 Å². The number of aromatic nitrogens is 1. The number of aryl methyl sites for hydroxylation is 1. The average molecular weight is 492 g/mol. The zero-order valence-corrected chi connectivity index (χ0v) is 22.6. The summed E-state index contributed by atoms with van der Waals surface area (Å²) in [4.78, 5) is 6.22. The van der Waals surface area contributed by atoms with Gasteiger partial charge in [0.2, 0.25) is 0 Å². The van der Waals surface area contributed by atoms with Crippen LogP contribution in [0, 0.1) is 36.5 Å². The van der Waals surface area contributed by atoms with Crippen molar-refractivity contribution >= 4 is 22.6 Å². The first-order valence-corrected chi connectivity index (χ1v) is 13.5. The number of aliphatic imine (C=N–C) groups is 1. The predicted molar refractivity (Wildman–Crippen MR) is 152 cm³/mol. The molecule has 0 saturated heterocycles. The second-order valence-electron chi connectivity index (χ2n) is 10.9. The molecule has 1 atom stereocenters. The van der Waals surface area contributed by atoms with Gasteiger partial charge in [-0.15, -0.1) is 11.3 Å². The van der Waals surface area contributed by atoms with Gasteiger partial charge in [-0.05, 0) is 79.3 Å². The molecule has 5 rings (SSSR count). The molecule has 182 valence electrons. The summed E-state index contributed by atoms with van der Waals surface area (Å²) in [7, 11) is 0. The number of nitriles is 1. The summed E-state index contributed by atoms with van der Waals surface area (Å²) in [6, 6.07) is 23.8. The molecule has 0 spiro atoms. The Balaban J connectivity index is 1.42. The van der Waals surface area contributed by atoms with E-state index in [-0.39, 0.29) is 5.41 Å². The second-order valence-corrected chi connectivity index (χ2v) is 12.0. The smallest absolute Gasteiger partial charge is 0.134 e. The molecule has 1 aliphatic carbocycles. The number of benzene rings is 2. The van der Waals surface area contributed by atoms with Gasteiger partial charge < -0.3 is 4.57 Å². The van der Waals surface area contributed by atoms with E-state index in [1.807, 2.05) is 12.3 Å². The van der Waals surface area contributed by atoms with E-state index >= 15 is 0 Å². The lowest BCUT2D eigenvalue weighted by Gasteiger charge is -2.33. The molecule has 4 aromatic rings. The Kier molecular flexibility index (Phi) is 6.45. The lowest BCUT2D eigenvalue weighted by molar-refractivity contribution is 0.218. The van der Waals surface area contributed by atoms with Crippen molar-refractivity contribution in [1.82, 2.24) is 4.57 Å². The quantitative estimate of drug-likeness (QED) is 0.263. The average Bonchev–Trinajstić information content (AvgIpc) is 3.37. The minimum absolute atomic E-state index is 0.286. The van der Waals surface area contributed by atoms with Gasteiger partial charge in [0.15, 0.2) is 0 Å². The van der Waals surface area contributed by atoms with E-state index < -0.39 is 0 Å². The highest BCUT2D eigenvalue weighted by atomic mass is 32.1. The third kappa shape index (κ3) is 4.56. The van der Waals surface area contributed by atoms with Crippen molar-refractivity contribution in [2.24, 2.45) is 16.3 Å². The molecule has 0 amide bonds. The lowest BCUT2D eigenvalue weighted by atomic mass is 9.72. The van der Waals surface area contributed by atoms with Crippen LogP contribution in [0.2, 0.25) is 0 Å². The molecule has 0 fully saturated rings. The molecule has 2 aromatic heterocycles. The highest BCUT2D eigenvalue weighted by Crippen LogP contribution is 2.45. The Bertz CT molecular complexity index is 1460. The number of hydrogen-bond acceptors (Lipinski definition) is 3. The Labute approximate surface area is 218 Å². The van der Waals surface area contributed by atoms with Crippen LogP contribution >= 0.6 is 11.3 Å². The second kappa shape index (κ2) is 9.56. The van der Waals surface area contributed by atoms with Crippen molar-refractivity contribution in [3.05, 3.63) is 93.6 Å². The van der Waals surface area contributed by atoms with Gasteiger partial charge in [0.05, 0.1) is 5.56 Å². The van der Waals surface area contributed by atoms with E-state index in [9.17, 15) is 5.26 Å². The molecule has 0 unspecified atom stereocenters. The van der Waals surface area contributed by atoms with Crippen LogP contribution in [0.15, 0.2) is 65.7 Å². The van der Waals surface area contributed by atoms with Gasteiger partial charge in [-0.1, -0.05) is 63.2 Å². The fourth-order valence-electron chi connectivity index (χ4n) is 5.39. The van der Waals surface area contributed by atoms with Crippen LogP contribution in [-0.2, 0) is 12.8 Å². The van der Waals surface area contributed by atoms with E-state index in [0.29, 0.717) is 5.92 Å². The maximum absolute atomic E-state index is 9.92. The van der Waals surface area contributed by atoms with Crippen LogP contribution in [0.3, 0.4) is 0 Å². The first-order valence-electron chi connectivity index (χ1n) is 12.7. The van der Waals surface area contributed by atoms with Crippen molar-refractivity contribution in [3.8, 4) is 22.9 Å². The molecule has 3 nitrogen and oxygen atoms in total. The van der Waals surface area contributed by atoms with Crippen molar-refractivity contribution in [3.63, 3.8) is 0 Å². The molecule has 2 aromatic carbocycles. The van der Waals surface area contributed by atoms with Gasteiger partial charge in [-0.2, -0.15) is 5.26 Å². The summed E-state index contributed by atoms with van der Waals surface area (Å²) >= 11 is 1.71. The molecule has 2 heterocycles. The van der Waals surface area contributed by atoms with Gasteiger partial charge in [-0.25, -0.2) is 4.99 Å². The number of nitrogens with zero attached hydrogens (tertiary/aromatic N) is 3. The molecular formula is C32H33N3S. The van der Waals surface area contributed by atoms with Crippen molar-refractivity contribution in [2.45, 2.75) is 53.9 Å². The van der Waals surface area contributed by atoms with Crippen LogP contribution in [0.5, 0.6) is 0 Å². The molecule has 0 aliphatic heterocycles. The van der Waals surface area contributed by atoms with Crippen LogP contribution in [0.25, 0.3) is 16.8 Å². The molecule has 0 saturated carbocycles. The summed E-state index contributed by atoms with van der Waals surface area (Å²) in [6.07, 6.45) is 5.13. The minimum atomic E-state index is 0.286. The third-order valence-corrected chi connectivity index (χ3v) is 8.77. The van der Waals surface area contributed by atoms with Gasteiger partial charge in [0.1, 0.15) is 11.1 Å². The van der Waals surface area contributed by atoms with Crippen LogP contribution in [0.4, 0.5) is 5.00 Å².